The van der Waals surface area contributed by atoms with E-state index >= 15 is 0 Å². The van der Waals surface area contributed by atoms with Gasteiger partial charge < -0.3 is 4.90 Å². The zero-order chi connectivity index (χ0) is 35.9. The third-order valence-electron chi connectivity index (χ3n) is 11.8. The van der Waals surface area contributed by atoms with Gasteiger partial charge >= 0.3 is 0 Å². The fourth-order valence-electron chi connectivity index (χ4n) is 9.35. The van der Waals surface area contributed by atoms with E-state index in [4.69, 9.17) is 0 Å². The molecule has 2 atom stereocenters. The Balaban J connectivity index is 1.31. The molecule has 6 aromatic rings. The summed E-state index contributed by atoms with van der Waals surface area (Å²) in [4.78, 5) is 2.57. The van der Waals surface area contributed by atoms with E-state index in [1.807, 2.05) is 0 Å². The van der Waals surface area contributed by atoms with Gasteiger partial charge in [-0.15, -0.1) is 0 Å². The minimum Gasteiger partial charge on any atom is -0.344 e. The minimum atomic E-state index is -0.212. The van der Waals surface area contributed by atoms with Crippen molar-refractivity contribution in [3.8, 4) is 0 Å². The lowest BCUT2D eigenvalue weighted by Crippen LogP contribution is -2.34. The molecule has 0 bridgehead atoms. The van der Waals surface area contributed by atoms with Crippen molar-refractivity contribution in [1.82, 2.24) is 0 Å². The SMILES string of the molecule is CCN1/C(=C/C=C/C2=[N+](CCC(C)C)c3ccc4ccccc4c3C2(C)Cc2ccccc2)C(C)(Cc2ccccc2)c2c1ccc1ccccc21. The highest BCUT2D eigenvalue weighted by Gasteiger charge is 2.49. The van der Waals surface area contributed by atoms with Crippen molar-refractivity contribution in [3.05, 3.63) is 180 Å². The minimum absolute atomic E-state index is 0.206. The molecule has 0 aromatic heterocycles. The van der Waals surface area contributed by atoms with Gasteiger partial charge in [-0.05, 0) is 96.0 Å². The van der Waals surface area contributed by atoms with E-state index in [0.717, 1.165) is 32.4 Å². The number of anilines is 1. The van der Waals surface area contributed by atoms with Crippen molar-refractivity contribution in [3.63, 3.8) is 0 Å². The van der Waals surface area contributed by atoms with Gasteiger partial charge in [0.25, 0.3) is 0 Å². The van der Waals surface area contributed by atoms with Crippen LogP contribution in [-0.2, 0) is 23.7 Å². The molecule has 0 radical (unpaired) electrons. The zero-order valence-corrected chi connectivity index (χ0v) is 31.4. The summed E-state index contributed by atoms with van der Waals surface area (Å²) in [5, 5.41) is 5.33. The smallest absolute Gasteiger partial charge is 0.210 e. The number of rotatable bonds is 10. The van der Waals surface area contributed by atoms with Gasteiger partial charge in [0.15, 0.2) is 5.71 Å². The van der Waals surface area contributed by atoms with Crippen molar-refractivity contribution in [2.75, 3.05) is 18.0 Å². The largest absolute Gasteiger partial charge is 0.344 e. The van der Waals surface area contributed by atoms with Crippen LogP contribution >= 0.6 is 0 Å². The predicted molar refractivity (Wildman–Crippen MR) is 222 cm³/mol. The summed E-state index contributed by atoms with van der Waals surface area (Å²) < 4.78 is 2.65. The van der Waals surface area contributed by atoms with Gasteiger partial charge in [0.2, 0.25) is 5.69 Å². The van der Waals surface area contributed by atoms with Gasteiger partial charge in [-0.1, -0.05) is 135 Å². The number of allylic oxidation sites excluding steroid dienone is 4. The van der Waals surface area contributed by atoms with E-state index in [1.165, 1.54) is 66.6 Å². The summed E-state index contributed by atoms with van der Waals surface area (Å²) in [5.74, 6) is 0.612. The van der Waals surface area contributed by atoms with Gasteiger partial charge in [-0.2, -0.15) is 4.58 Å². The molecule has 2 nitrogen and oxygen atoms in total. The topological polar surface area (TPSA) is 6.25 Å². The van der Waals surface area contributed by atoms with Crippen molar-refractivity contribution in [1.29, 1.82) is 0 Å². The number of hydrogen-bond acceptors (Lipinski definition) is 1. The van der Waals surface area contributed by atoms with Gasteiger partial charge in [0.1, 0.15) is 6.54 Å². The lowest BCUT2D eigenvalue weighted by Gasteiger charge is -2.30. The van der Waals surface area contributed by atoms with Gasteiger partial charge in [0, 0.05) is 47.5 Å². The molecule has 2 heterocycles. The third-order valence-corrected chi connectivity index (χ3v) is 11.8. The van der Waals surface area contributed by atoms with Crippen LogP contribution in [0.25, 0.3) is 21.5 Å². The first-order valence-electron chi connectivity index (χ1n) is 19.3. The van der Waals surface area contributed by atoms with Gasteiger partial charge in [0.05, 0.1) is 5.41 Å². The molecule has 260 valence electrons. The highest BCUT2D eigenvalue weighted by molar-refractivity contribution is 6.08. The predicted octanol–water partition coefficient (Wildman–Crippen LogP) is 12.1. The fraction of sp³-hybridized carbons (Fsp3) is 0.260. The van der Waals surface area contributed by atoms with Crippen LogP contribution in [0.2, 0.25) is 0 Å². The van der Waals surface area contributed by atoms with E-state index in [0.29, 0.717) is 5.92 Å². The molecule has 0 amide bonds. The Labute approximate surface area is 310 Å². The third kappa shape index (κ3) is 5.79. The molecular weight excluding hydrogens is 629 g/mol. The van der Waals surface area contributed by atoms with Crippen LogP contribution < -0.4 is 4.90 Å². The summed E-state index contributed by atoms with van der Waals surface area (Å²) in [6, 6.07) is 49.4. The average Bonchev–Trinajstić information content (AvgIpc) is 3.55. The second kappa shape index (κ2) is 13.7. The van der Waals surface area contributed by atoms with Crippen LogP contribution in [0.15, 0.2) is 157 Å². The summed E-state index contributed by atoms with van der Waals surface area (Å²) >= 11 is 0. The highest BCUT2D eigenvalue weighted by atomic mass is 15.2. The van der Waals surface area contributed by atoms with Crippen LogP contribution in [0.4, 0.5) is 11.4 Å². The number of hydrogen-bond donors (Lipinski definition) is 0. The first kappa shape index (κ1) is 33.9. The summed E-state index contributed by atoms with van der Waals surface area (Å²) in [6.07, 6.45) is 10.3. The highest BCUT2D eigenvalue weighted by Crippen LogP contribution is 2.53. The summed E-state index contributed by atoms with van der Waals surface area (Å²) in [7, 11) is 0. The van der Waals surface area contributed by atoms with E-state index in [1.54, 1.807) is 0 Å². The van der Waals surface area contributed by atoms with E-state index in [-0.39, 0.29) is 10.8 Å². The number of nitrogens with zero attached hydrogens (tertiary/aromatic N) is 2. The maximum absolute atomic E-state index is 2.65. The molecule has 52 heavy (non-hydrogen) atoms. The molecule has 0 aliphatic carbocycles. The van der Waals surface area contributed by atoms with Crippen molar-refractivity contribution in [2.45, 2.75) is 64.7 Å². The van der Waals surface area contributed by atoms with E-state index in [2.05, 4.69) is 196 Å². The van der Waals surface area contributed by atoms with Gasteiger partial charge in [-0.3, -0.25) is 0 Å². The first-order chi connectivity index (χ1) is 25.3. The monoisotopic (exact) mass is 679 g/mol. The molecule has 2 aliphatic heterocycles. The molecule has 0 N–H and O–H groups in total. The number of benzene rings is 6. The second-order valence-electron chi connectivity index (χ2n) is 15.7. The van der Waals surface area contributed by atoms with Crippen LogP contribution in [0.1, 0.15) is 63.3 Å². The quantitative estimate of drug-likeness (QED) is 0.131. The number of likely N-dealkylation sites (N-methyl/N-ethyl adjacent to an activating group) is 1. The Hall–Kier alpha value is -5.21. The molecule has 8 rings (SSSR count). The molecule has 2 aliphatic rings. The lowest BCUT2D eigenvalue weighted by atomic mass is 9.73. The Morgan fingerprint density at radius 1 is 0.635 bits per heavy atom. The Kier molecular flexibility index (Phi) is 8.95. The maximum Gasteiger partial charge on any atom is 0.210 e. The second-order valence-corrected chi connectivity index (χ2v) is 15.7. The molecule has 0 saturated carbocycles. The summed E-state index contributed by atoms with van der Waals surface area (Å²) in [6.45, 7) is 13.8. The zero-order valence-electron chi connectivity index (χ0n) is 31.4. The number of fused-ring (bicyclic) bond motifs is 6. The molecule has 6 aromatic carbocycles. The van der Waals surface area contributed by atoms with Crippen LogP contribution in [0, 0.1) is 5.92 Å². The van der Waals surface area contributed by atoms with Crippen molar-refractivity contribution >= 4 is 38.6 Å². The van der Waals surface area contributed by atoms with Crippen molar-refractivity contribution < 1.29 is 4.58 Å². The summed E-state index contributed by atoms with van der Waals surface area (Å²) in [5.41, 5.74) is 10.6. The maximum atomic E-state index is 2.65. The molecule has 2 unspecified atom stereocenters. The fourth-order valence-corrected chi connectivity index (χ4v) is 9.35. The standard InChI is InChI=1S/C50H51N2/c1-6-51-43-30-28-39-22-13-15-24-41(39)47(43)49(4,34-37-18-9-7-10-19-37)45(51)26-17-27-46-50(5,35-38-20-11-8-12-21-38)48-42-25-16-14-23-40(42)29-31-44(48)52(46)33-32-36(2)3/h7-31,36H,6,32-35H2,1-5H3/q+1. The molecule has 0 spiro atoms. The normalized spacial score (nSPS) is 20.6. The van der Waals surface area contributed by atoms with Crippen LogP contribution in [0.5, 0.6) is 0 Å². The lowest BCUT2D eigenvalue weighted by molar-refractivity contribution is -0.439. The molecule has 0 fully saturated rings. The van der Waals surface area contributed by atoms with Crippen LogP contribution in [0.3, 0.4) is 0 Å². The Bertz CT molecular complexity index is 2350. The Morgan fingerprint density at radius 3 is 1.81 bits per heavy atom. The Morgan fingerprint density at radius 2 is 1.19 bits per heavy atom. The van der Waals surface area contributed by atoms with E-state index < -0.39 is 0 Å². The van der Waals surface area contributed by atoms with E-state index in [9.17, 15) is 0 Å². The average molecular weight is 680 g/mol. The van der Waals surface area contributed by atoms with Crippen LogP contribution in [-0.4, -0.2) is 23.4 Å². The van der Waals surface area contributed by atoms with Gasteiger partial charge in [-0.25, -0.2) is 0 Å². The molecule has 2 heteroatoms. The molecular formula is C50H51N2+. The van der Waals surface area contributed by atoms with Crippen molar-refractivity contribution in [2.24, 2.45) is 5.92 Å². The molecule has 0 saturated heterocycles. The first-order valence-corrected chi connectivity index (χ1v) is 19.3.